The van der Waals surface area contributed by atoms with Gasteiger partial charge in [0.05, 0.1) is 4.92 Å². The van der Waals surface area contributed by atoms with Crippen LogP contribution in [0.3, 0.4) is 0 Å². The third-order valence-electron chi connectivity index (χ3n) is 4.59. The van der Waals surface area contributed by atoms with Crippen molar-refractivity contribution in [3.05, 3.63) is 68.2 Å². The number of anilines is 4. The molecular weight excluding hydrogens is 425 g/mol. The minimum absolute atomic E-state index is 0.0325. The molecule has 162 valence electrons. The van der Waals surface area contributed by atoms with Gasteiger partial charge in [-0.2, -0.15) is 19.3 Å². The summed E-state index contributed by atoms with van der Waals surface area (Å²) in [4.78, 5) is 22.5. The molecule has 0 spiro atoms. The highest BCUT2D eigenvalue weighted by Gasteiger charge is 2.16. The van der Waals surface area contributed by atoms with Crippen molar-refractivity contribution in [1.82, 2.24) is 15.0 Å². The number of aryl methyl sites for hydroxylation is 3. The first-order valence-corrected chi connectivity index (χ1v) is 9.79. The van der Waals surface area contributed by atoms with Gasteiger partial charge in [-0.3, -0.25) is 10.1 Å². The van der Waals surface area contributed by atoms with Gasteiger partial charge < -0.3 is 16.0 Å². The van der Waals surface area contributed by atoms with Gasteiger partial charge in [0.2, 0.25) is 23.0 Å². The highest BCUT2D eigenvalue weighted by Crippen LogP contribution is 2.25. The highest BCUT2D eigenvalue weighted by molar-refractivity contribution is 6.28. The summed E-state index contributed by atoms with van der Waals surface area (Å²) in [6.07, 6.45) is 0. The van der Waals surface area contributed by atoms with E-state index in [-0.39, 0.29) is 11.2 Å². The third-order valence-corrected chi connectivity index (χ3v) is 4.75. The van der Waals surface area contributed by atoms with E-state index in [0.717, 1.165) is 17.3 Å². The molecule has 31 heavy (non-hydrogen) atoms. The fourth-order valence-electron chi connectivity index (χ4n) is 2.80. The van der Waals surface area contributed by atoms with Crippen molar-refractivity contribution in [1.29, 1.82) is 0 Å². The van der Waals surface area contributed by atoms with Crippen LogP contribution >= 0.6 is 11.6 Å². The Morgan fingerprint density at radius 1 is 0.968 bits per heavy atom. The summed E-state index contributed by atoms with van der Waals surface area (Å²) in [5.74, 6) is -0.316. The van der Waals surface area contributed by atoms with Gasteiger partial charge in [0, 0.05) is 36.6 Å². The monoisotopic (exact) mass is 445 g/mol. The van der Waals surface area contributed by atoms with Crippen LogP contribution in [0.15, 0.2) is 30.3 Å². The van der Waals surface area contributed by atoms with E-state index in [1.807, 2.05) is 32.0 Å². The second kappa shape index (κ2) is 9.52. The van der Waals surface area contributed by atoms with Gasteiger partial charge in [0.15, 0.2) is 0 Å². The number of hydrogen-bond acceptors (Lipinski definition) is 8. The Labute approximate surface area is 183 Å². The lowest BCUT2D eigenvalue weighted by Crippen LogP contribution is -2.16. The van der Waals surface area contributed by atoms with Crippen LogP contribution in [0.25, 0.3) is 0 Å². The average molecular weight is 446 g/mol. The number of halogens is 2. The SMILES string of the molecule is Cc1ccc(Nc2nc(Cl)nc(NCCNc3cc(F)c([N+](=O)[O-])cc3C)n2)cc1C. The highest BCUT2D eigenvalue weighted by atomic mass is 35.5. The van der Waals surface area contributed by atoms with E-state index < -0.39 is 16.4 Å². The van der Waals surface area contributed by atoms with Gasteiger partial charge in [-0.1, -0.05) is 6.07 Å². The van der Waals surface area contributed by atoms with Gasteiger partial charge >= 0.3 is 5.69 Å². The molecule has 0 aliphatic rings. The van der Waals surface area contributed by atoms with Crippen molar-refractivity contribution in [3.8, 4) is 0 Å². The minimum atomic E-state index is -0.891. The maximum atomic E-state index is 13.8. The summed E-state index contributed by atoms with van der Waals surface area (Å²) in [6.45, 7) is 6.49. The number of nitrogens with one attached hydrogen (secondary N) is 3. The molecule has 0 bridgehead atoms. The van der Waals surface area contributed by atoms with Crippen molar-refractivity contribution in [2.75, 3.05) is 29.0 Å². The fourth-order valence-corrected chi connectivity index (χ4v) is 2.96. The van der Waals surface area contributed by atoms with E-state index >= 15 is 0 Å². The molecule has 0 atom stereocenters. The normalized spacial score (nSPS) is 10.6. The molecule has 0 unspecified atom stereocenters. The lowest BCUT2D eigenvalue weighted by molar-refractivity contribution is -0.387. The number of aromatic nitrogens is 3. The smallest absolute Gasteiger partial charge is 0.305 e. The van der Waals surface area contributed by atoms with Crippen LogP contribution in [0, 0.1) is 36.7 Å². The minimum Gasteiger partial charge on any atom is -0.383 e. The van der Waals surface area contributed by atoms with Gasteiger partial charge in [0.25, 0.3) is 0 Å². The van der Waals surface area contributed by atoms with E-state index in [4.69, 9.17) is 11.6 Å². The van der Waals surface area contributed by atoms with Gasteiger partial charge in [-0.25, -0.2) is 0 Å². The first kappa shape index (κ1) is 22.2. The summed E-state index contributed by atoms with van der Waals surface area (Å²) in [6, 6.07) is 8.20. The summed E-state index contributed by atoms with van der Waals surface area (Å²) < 4.78 is 13.8. The molecule has 1 aromatic heterocycles. The Morgan fingerprint density at radius 3 is 2.39 bits per heavy atom. The molecule has 2 aromatic carbocycles. The van der Waals surface area contributed by atoms with Gasteiger partial charge in [-0.05, 0) is 61.2 Å². The molecule has 0 aliphatic heterocycles. The number of benzene rings is 2. The molecule has 0 saturated carbocycles. The van der Waals surface area contributed by atoms with Crippen molar-refractivity contribution in [3.63, 3.8) is 0 Å². The molecule has 0 aliphatic carbocycles. The van der Waals surface area contributed by atoms with Crippen molar-refractivity contribution >= 4 is 40.6 Å². The molecule has 0 radical (unpaired) electrons. The number of nitro benzene ring substituents is 1. The molecule has 9 nitrogen and oxygen atoms in total. The van der Waals surface area contributed by atoms with Crippen LogP contribution in [0.2, 0.25) is 5.28 Å². The number of nitro groups is 1. The first-order chi connectivity index (χ1) is 14.7. The van der Waals surface area contributed by atoms with Crippen molar-refractivity contribution in [2.24, 2.45) is 0 Å². The first-order valence-electron chi connectivity index (χ1n) is 9.41. The number of rotatable bonds is 8. The summed E-state index contributed by atoms with van der Waals surface area (Å²) in [5.41, 5.74) is 3.62. The fraction of sp³-hybridized carbons (Fsp3) is 0.250. The molecule has 0 amide bonds. The molecule has 0 saturated heterocycles. The molecule has 3 N–H and O–H groups in total. The van der Waals surface area contributed by atoms with Crippen molar-refractivity contribution in [2.45, 2.75) is 20.8 Å². The van der Waals surface area contributed by atoms with Crippen LogP contribution in [0.1, 0.15) is 16.7 Å². The molecule has 3 aromatic rings. The topological polar surface area (TPSA) is 118 Å². The Bertz CT molecular complexity index is 1130. The molecular formula is C20H21ClFN7O2. The quantitative estimate of drug-likeness (QED) is 0.258. The van der Waals surface area contributed by atoms with E-state index in [1.165, 1.54) is 11.6 Å². The van der Waals surface area contributed by atoms with Crippen molar-refractivity contribution < 1.29 is 9.31 Å². The second-order valence-corrected chi connectivity index (χ2v) is 7.24. The summed E-state index contributed by atoms with van der Waals surface area (Å²) in [5, 5.41) is 20.0. The molecule has 3 rings (SSSR count). The maximum Gasteiger partial charge on any atom is 0.305 e. The Morgan fingerprint density at radius 2 is 1.68 bits per heavy atom. The predicted octanol–water partition coefficient (Wildman–Crippen LogP) is 4.77. The van der Waals surface area contributed by atoms with E-state index in [0.29, 0.717) is 30.3 Å². The lowest BCUT2D eigenvalue weighted by atomic mass is 10.1. The third kappa shape index (κ3) is 5.76. The van der Waals surface area contributed by atoms with E-state index in [9.17, 15) is 14.5 Å². The van der Waals surface area contributed by atoms with Crippen LogP contribution in [-0.2, 0) is 0 Å². The number of hydrogen-bond donors (Lipinski definition) is 3. The van der Waals surface area contributed by atoms with Crippen LogP contribution in [0.4, 0.5) is 33.3 Å². The van der Waals surface area contributed by atoms with Gasteiger partial charge in [-0.15, -0.1) is 0 Å². The van der Waals surface area contributed by atoms with E-state index in [2.05, 4.69) is 30.9 Å². The zero-order valence-corrected chi connectivity index (χ0v) is 17.9. The second-order valence-electron chi connectivity index (χ2n) is 6.90. The summed E-state index contributed by atoms with van der Waals surface area (Å²) in [7, 11) is 0. The standard InChI is InChI=1S/C20H21ClFN7O2/c1-11-4-5-14(8-12(11)2)25-20-27-18(21)26-19(28-20)24-7-6-23-16-10-15(22)17(29(30)31)9-13(16)3/h4-5,8-10,23H,6-7H2,1-3H3,(H2,24,25,26,27,28). The Hall–Kier alpha value is -3.53. The lowest BCUT2D eigenvalue weighted by Gasteiger charge is -2.12. The maximum absolute atomic E-state index is 13.8. The van der Waals surface area contributed by atoms with Crippen LogP contribution in [0.5, 0.6) is 0 Å². The number of nitrogens with zero attached hydrogens (tertiary/aromatic N) is 4. The Balaban J connectivity index is 1.60. The predicted molar refractivity (Wildman–Crippen MR) is 119 cm³/mol. The largest absolute Gasteiger partial charge is 0.383 e. The molecule has 1 heterocycles. The average Bonchev–Trinajstić information content (AvgIpc) is 2.69. The van der Waals surface area contributed by atoms with Crippen LogP contribution in [-0.4, -0.2) is 33.0 Å². The molecule has 0 fully saturated rings. The summed E-state index contributed by atoms with van der Waals surface area (Å²) >= 11 is 6.01. The molecule has 11 heteroatoms. The zero-order chi connectivity index (χ0) is 22.5. The van der Waals surface area contributed by atoms with Gasteiger partial charge in [0.1, 0.15) is 0 Å². The van der Waals surface area contributed by atoms with Crippen LogP contribution < -0.4 is 16.0 Å². The van der Waals surface area contributed by atoms with E-state index in [1.54, 1.807) is 6.92 Å². The Kier molecular flexibility index (Phi) is 6.81. The zero-order valence-electron chi connectivity index (χ0n) is 17.2.